The summed E-state index contributed by atoms with van der Waals surface area (Å²) >= 11 is 7.61. The first-order chi connectivity index (χ1) is 4.16. The van der Waals surface area contributed by atoms with Gasteiger partial charge in [0.1, 0.15) is 14.1 Å². The van der Waals surface area contributed by atoms with Gasteiger partial charge in [0.2, 0.25) is 0 Å². The Balaban J connectivity index is 2.23. The van der Waals surface area contributed by atoms with Crippen molar-refractivity contribution in [2.24, 2.45) is 0 Å². The van der Waals surface area contributed by atoms with E-state index in [-0.39, 0.29) is 7.42 Å². The lowest BCUT2D eigenvalue weighted by Crippen LogP contribution is -2.45. The van der Waals surface area contributed by atoms with Crippen LogP contribution in [0.3, 0.4) is 0 Å². The van der Waals surface area contributed by atoms with Crippen molar-refractivity contribution in [3.63, 3.8) is 0 Å². The predicted octanol–water partition coefficient (Wildman–Crippen LogP) is 3.22. The monoisotopic (exact) mass is 285 g/mol. The van der Waals surface area contributed by atoms with E-state index in [2.05, 4.69) is 37.5 Å². The lowest BCUT2D eigenvalue weighted by atomic mass is 10.6. The molecule has 0 N–H and O–H groups in total. The highest BCUT2D eigenvalue weighted by molar-refractivity contribution is 9.28. The summed E-state index contributed by atoms with van der Waals surface area (Å²) in [6.45, 7) is 1.54. The summed E-state index contributed by atoms with van der Waals surface area (Å²) in [6.07, 6.45) is 1.37. The molecule has 0 aromatic rings. The molecule has 9 heavy (non-hydrogen) atoms. The minimum atomic E-state index is -0.749. The maximum Gasteiger partial charge on any atom is 0.131 e. The zero-order valence-corrected chi connectivity index (χ0v) is 10.8. The molecule has 53 valence electrons. The second kappa shape index (κ2) is 3.19. The molecule has 0 nitrogen and oxygen atoms in total. The lowest BCUT2D eigenvalue weighted by molar-refractivity contribution is 1.05. The third-order valence-corrected chi connectivity index (χ3v) is 22.5. The fourth-order valence-electron chi connectivity index (χ4n) is 1.26. The Morgan fingerprint density at radius 2 is 2.11 bits per heavy atom. The highest BCUT2D eigenvalue weighted by Gasteiger charge is 2.43. The average Bonchev–Trinajstić information content (AvgIpc) is 1.62. The number of rotatable bonds is 2. The summed E-state index contributed by atoms with van der Waals surface area (Å²) in [5, 5.41) is 0. The number of hydrogen-bond donors (Lipinski definition) is 0. The van der Waals surface area contributed by atoms with Crippen molar-refractivity contribution >= 4 is 44.7 Å². The number of halogens is 2. The van der Waals surface area contributed by atoms with Crippen LogP contribution in [0.25, 0.3) is 0 Å². The van der Waals surface area contributed by atoms with E-state index in [4.69, 9.17) is 0 Å². The number of hydrogen-bond acceptors (Lipinski definition) is 0. The maximum absolute atomic E-state index is 3.90. The average molecular weight is 287 g/mol. The summed E-state index contributed by atoms with van der Waals surface area (Å²) in [5.74, 6) is 0. The smallest absolute Gasteiger partial charge is 0.129 e. The molecular weight excluding hydrogens is 276 g/mol. The Bertz CT molecular complexity index is 95.6. The molecule has 1 fully saturated rings. The lowest BCUT2D eigenvalue weighted by Gasteiger charge is -2.36. The van der Waals surface area contributed by atoms with Gasteiger partial charge < -0.3 is 0 Å². The Labute approximate surface area is 75.2 Å². The molecule has 1 aliphatic heterocycles. The molecule has 0 saturated carbocycles. The van der Waals surface area contributed by atoms with Gasteiger partial charge in [-0.05, 0) is 17.4 Å². The summed E-state index contributed by atoms with van der Waals surface area (Å²) < 4.78 is 0. The first-order valence-corrected chi connectivity index (χ1v) is 12.4. The van der Waals surface area contributed by atoms with E-state index in [1.54, 1.807) is 11.3 Å². The summed E-state index contributed by atoms with van der Waals surface area (Å²) in [6, 6.07) is 1.49. The third-order valence-electron chi connectivity index (χ3n) is 1.72. The molecule has 1 aliphatic rings. The van der Waals surface area contributed by atoms with Crippen LogP contribution in [0.4, 0.5) is 0 Å². The fourth-order valence-corrected chi connectivity index (χ4v) is 32.4. The van der Waals surface area contributed by atoms with Crippen LogP contribution in [-0.2, 0) is 0 Å². The van der Waals surface area contributed by atoms with Crippen molar-refractivity contribution in [3.8, 4) is 0 Å². The van der Waals surface area contributed by atoms with Gasteiger partial charge >= 0.3 is 0 Å². The van der Waals surface area contributed by atoms with Crippen molar-refractivity contribution in [1.82, 2.24) is 0 Å². The van der Waals surface area contributed by atoms with Crippen LogP contribution in [0.15, 0.2) is 0 Å². The van der Waals surface area contributed by atoms with Gasteiger partial charge in [-0.15, -0.1) is 30.6 Å². The Hall–Kier alpha value is 1.39. The Kier molecular flexibility index (Phi) is 3.01. The SMILES string of the molecule is CCC[Si]1(Br)C[Si](Br)C1. The standard InChI is InChI=1S/C5H11Br2Si2/c1-2-3-9(7)4-8(6)5-9/h2-5H2,1H3. The van der Waals surface area contributed by atoms with E-state index >= 15 is 0 Å². The molecule has 0 bridgehead atoms. The van der Waals surface area contributed by atoms with Crippen LogP contribution in [0.2, 0.25) is 17.4 Å². The summed E-state index contributed by atoms with van der Waals surface area (Å²) in [4.78, 5) is 0. The molecule has 0 aromatic heterocycles. The zero-order valence-electron chi connectivity index (χ0n) is 5.58. The molecule has 0 spiro atoms. The fraction of sp³-hybridized carbons (Fsp3) is 1.00. The molecule has 0 aromatic carbocycles. The van der Waals surface area contributed by atoms with Gasteiger partial charge in [0.15, 0.2) is 0 Å². The Morgan fingerprint density at radius 3 is 2.44 bits per heavy atom. The van der Waals surface area contributed by atoms with Gasteiger partial charge in [-0.1, -0.05) is 13.3 Å². The highest BCUT2D eigenvalue weighted by Crippen LogP contribution is 2.42. The van der Waals surface area contributed by atoms with Crippen molar-refractivity contribution in [3.05, 3.63) is 0 Å². The van der Waals surface area contributed by atoms with Crippen LogP contribution < -0.4 is 0 Å². The van der Waals surface area contributed by atoms with E-state index in [0.717, 1.165) is 0 Å². The molecule has 0 atom stereocenters. The van der Waals surface area contributed by atoms with E-state index in [9.17, 15) is 0 Å². The van der Waals surface area contributed by atoms with Crippen LogP contribution in [0.1, 0.15) is 13.3 Å². The molecule has 1 heterocycles. The normalized spacial score (nSPS) is 25.7. The van der Waals surface area contributed by atoms with Crippen molar-refractivity contribution in [2.45, 2.75) is 30.7 Å². The van der Waals surface area contributed by atoms with E-state index in [1.165, 1.54) is 12.5 Å². The zero-order chi connectivity index (χ0) is 6.91. The van der Waals surface area contributed by atoms with Crippen molar-refractivity contribution in [2.75, 3.05) is 0 Å². The minimum absolute atomic E-state index is 0.00591. The van der Waals surface area contributed by atoms with E-state index in [1.807, 2.05) is 0 Å². The van der Waals surface area contributed by atoms with E-state index in [0.29, 0.717) is 0 Å². The van der Waals surface area contributed by atoms with Crippen molar-refractivity contribution in [1.29, 1.82) is 0 Å². The molecule has 1 radical (unpaired) electrons. The van der Waals surface area contributed by atoms with Gasteiger partial charge in [-0.3, -0.25) is 0 Å². The maximum atomic E-state index is 3.90. The summed E-state index contributed by atoms with van der Waals surface area (Å²) in [5.41, 5.74) is 3.09. The van der Waals surface area contributed by atoms with Gasteiger partial charge in [-0.2, -0.15) is 0 Å². The van der Waals surface area contributed by atoms with Gasteiger partial charge in [0.25, 0.3) is 0 Å². The van der Waals surface area contributed by atoms with Gasteiger partial charge in [0.05, 0.1) is 0 Å². The van der Waals surface area contributed by atoms with Crippen LogP contribution in [-0.4, -0.2) is 14.1 Å². The first kappa shape index (κ1) is 8.49. The molecule has 0 unspecified atom stereocenters. The largest absolute Gasteiger partial charge is 0.131 e. The second-order valence-corrected chi connectivity index (χ2v) is 17.8. The topological polar surface area (TPSA) is 0 Å². The van der Waals surface area contributed by atoms with Gasteiger partial charge in [-0.25, -0.2) is 0 Å². The molecule has 0 amide bonds. The second-order valence-electron chi connectivity index (χ2n) is 2.77. The molecule has 0 aliphatic carbocycles. The molecular formula is C5H11Br2Si2. The van der Waals surface area contributed by atoms with Crippen LogP contribution in [0, 0.1) is 0 Å². The van der Waals surface area contributed by atoms with Crippen LogP contribution in [0.5, 0.6) is 0 Å². The quantitative estimate of drug-likeness (QED) is 0.540. The first-order valence-electron chi connectivity index (χ1n) is 3.35. The minimum Gasteiger partial charge on any atom is -0.129 e. The Morgan fingerprint density at radius 1 is 1.56 bits per heavy atom. The highest BCUT2D eigenvalue weighted by atomic mass is 79.9. The molecule has 4 heteroatoms. The molecule has 1 saturated heterocycles. The van der Waals surface area contributed by atoms with Crippen molar-refractivity contribution < 1.29 is 0 Å². The van der Waals surface area contributed by atoms with Gasteiger partial charge in [0, 0.05) is 0 Å². The predicted molar refractivity (Wildman–Crippen MR) is 54.1 cm³/mol. The summed E-state index contributed by atoms with van der Waals surface area (Å²) in [7, 11) is 0.00591. The molecule has 1 rings (SSSR count). The van der Waals surface area contributed by atoms with E-state index < -0.39 is 6.69 Å². The third kappa shape index (κ3) is 2.17. The van der Waals surface area contributed by atoms with Crippen LogP contribution >= 0.6 is 30.6 Å².